The fourth-order valence-electron chi connectivity index (χ4n) is 2.02. The molecule has 0 bridgehead atoms. The minimum absolute atomic E-state index is 0.0622. The van der Waals surface area contributed by atoms with Gasteiger partial charge in [-0.1, -0.05) is 26.0 Å². The van der Waals surface area contributed by atoms with Gasteiger partial charge < -0.3 is 15.8 Å². The summed E-state index contributed by atoms with van der Waals surface area (Å²) in [6.07, 6.45) is 0.992. The summed E-state index contributed by atoms with van der Waals surface area (Å²) in [4.78, 5) is 19.9. The van der Waals surface area contributed by atoms with Gasteiger partial charge in [0.05, 0.1) is 12.3 Å². The molecule has 1 amide bonds. The molecule has 0 unspecified atom stereocenters. The Morgan fingerprint density at radius 1 is 1.30 bits per heavy atom. The van der Waals surface area contributed by atoms with Crippen molar-refractivity contribution in [2.75, 3.05) is 19.4 Å². The van der Waals surface area contributed by atoms with Crippen LogP contribution < -0.4 is 15.8 Å². The van der Waals surface area contributed by atoms with Gasteiger partial charge in [0.1, 0.15) is 11.4 Å². The summed E-state index contributed by atoms with van der Waals surface area (Å²) in [5.74, 6) is 1.12. The topological polar surface area (TPSA) is 90.1 Å². The first-order valence-electron chi connectivity index (χ1n) is 7.59. The van der Waals surface area contributed by atoms with Crippen LogP contribution in [-0.4, -0.2) is 29.5 Å². The van der Waals surface area contributed by atoms with E-state index in [4.69, 9.17) is 10.5 Å². The molecule has 122 valence electrons. The molecule has 2 aromatic rings. The van der Waals surface area contributed by atoms with Gasteiger partial charge in [-0.3, -0.25) is 4.79 Å². The lowest BCUT2D eigenvalue weighted by Gasteiger charge is -2.10. The molecular weight excluding hydrogens is 292 g/mol. The van der Waals surface area contributed by atoms with Gasteiger partial charge in [0.25, 0.3) is 5.91 Å². The van der Waals surface area contributed by atoms with Crippen molar-refractivity contribution in [2.45, 2.75) is 20.3 Å². The van der Waals surface area contributed by atoms with Crippen LogP contribution in [0.15, 0.2) is 30.3 Å². The maximum absolute atomic E-state index is 11.7. The summed E-state index contributed by atoms with van der Waals surface area (Å²) in [6.45, 7) is 4.98. The highest BCUT2D eigenvalue weighted by molar-refractivity contribution is 5.93. The first kappa shape index (κ1) is 16.7. The third-order valence-electron chi connectivity index (χ3n) is 3.30. The van der Waals surface area contributed by atoms with Gasteiger partial charge in [-0.15, -0.1) is 0 Å². The van der Waals surface area contributed by atoms with Crippen molar-refractivity contribution in [2.24, 2.45) is 5.92 Å². The zero-order chi connectivity index (χ0) is 16.8. The standard InChI is InChI=1S/C17H22N4O2/c1-11(2)7-8-23-13-6-4-5-12(9-13)14-10-15(16(22)19-3)21-17(18)20-14/h4-6,9-11H,7-8H2,1-3H3,(H,19,22)(H2,18,20,21). The van der Waals surface area contributed by atoms with Crippen molar-refractivity contribution in [3.63, 3.8) is 0 Å². The van der Waals surface area contributed by atoms with Crippen LogP contribution in [0.25, 0.3) is 11.3 Å². The number of hydrogen-bond acceptors (Lipinski definition) is 5. The molecule has 2 rings (SSSR count). The first-order chi connectivity index (χ1) is 11.0. The van der Waals surface area contributed by atoms with E-state index < -0.39 is 0 Å². The summed E-state index contributed by atoms with van der Waals surface area (Å²) < 4.78 is 5.75. The molecule has 6 nitrogen and oxygen atoms in total. The molecule has 0 saturated heterocycles. The fourth-order valence-corrected chi connectivity index (χ4v) is 2.02. The van der Waals surface area contributed by atoms with E-state index >= 15 is 0 Å². The van der Waals surface area contributed by atoms with Crippen LogP contribution in [-0.2, 0) is 0 Å². The summed E-state index contributed by atoms with van der Waals surface area (Å²) in [6, 6.07) is 9.18. The minimum Gasteiger partial charge on any atom is -0.494 e. The van der Waals surface area contributed by atoms with Crippen molar-refractivity contribution >= 4 is 11.9 Å². The van der Waals surface area contributed by atoms with Crippen LogP contribution in [0.3, 0.4) is 0 Å². The number of carbonyl (C=O) groups excluding carboxylic acids is 1. The number of anilines is 1. The van der Waals surface area contributed by atoms with Gasteiger partial charge in [0, 0.05) is 12.6 Å². The fraction of sp³-hybridized carbons (Fsp3) is 0.353. The quantitative estimate of drug-likeness (QED) is 0.855. The van der Waals surface area contributed by atoms with Crippen LogP contribution >= 0.6 is 0 Å². The number of amides is 1. The third-order valence-corrected chi connectivity index (χ3v) is 3.30. The highest BCUT2D eigenvalue weighted by atomic mass is 16.5. The molecule has 0 saturated carbocycles. The Balaban J connectivity index is 2.24. The van der Waals surface area contributed by atoms with E-state index in [2.05, 4.69) is 29.1 Å². The number of nitrogens with zero attached hydrogens (tertiary/aromatic N) is 2. The van der Waals surface area contributed by atoms with E-state index in [0.717, 1.165) is 17.7 Å². The molecular formula is C17H22N4O2. The largest absolute Gasteiger partial charge is 0.494 e. The Morgan fingerprint density at radius 2 is 2.09 bits per heavy atom. The lowest BCUT2D eigenvalue weighted by Crippen LogP contribution is -2.20. The number of ether oxygens (including phenoxy) is 1. The molecule has 0 radical (unpaired) electrons. The Hall–Kier alpha value is -2.63. The van der Waals surface area contributed by atoms with E-state index in [-0.39, 0.29) is 17.5 Å². The number of nitrogens with two attached hydrogens (primary N) is 1. The van der Waals surface area contributed by atoms with Crippen molar-refractivity contribution in [1.82, 2.24) is 15.3 Å². The average molecular weight is 314 g/mol. The first-order valence-corrected chi connectivity index (χ1v) is 7.59. The second-order valence-corrected chi connectivity index (χ2v) is 5.63. The molecule has 0 spiro atoms. The van der Waals surface area contributed by atoms with Crippen LogP contribution in [0.2, 0.25) is 0 Å². The second kappa shape index (κ2) is 7.58. The van der Waals surface area contributed by atoms with E-state index in [0.29, 0.717) is 18.2 Å². The number of benzene rings is 1. The molecule has 0 atom stereocenters. The summed E-state index contributed by atoms with van der Waals surface area (Å²) >= 11 is 0. The summed E-state index contributed by atoms with van der Waals surface area (Å²) in [5, 5.41) is 2.53. The number of carbonyl (C=O) groups is 1. The van der Waals surface area contributed by atoms with Gasteiger partial charge in [-0.2, -0.15) is 0 Å². The molecule has 23 heavy (non-hydrogen) atoms. The number of nitrogen functional groups attached to an aromatic ring is 1. The zero-order valence-electron chi connectivity index (χ0n) is 13.7. The van der Waals surface area contributed by atoms with E-state index in [1.54, 1.807) is 13.1 Å². The Labute approximate surface area is 136 Å². The maximum atomic E-state index is 11.7. The van der Waals surface area contributed by atoms with Gasteiger partial charge in [-0.25, -0.2) is 9.97 Å². The smallest absolute Gasteiger partial charge is 0.269 e. The zero-order valence-corrected chi connectivity index (χ0v) is 13.7. The molecule has 0 aliphatic carbocycles. The van der Waals surface area contributed by atoms with Gasteiger partial charge in [0.2, 0.25) is 5.95 Å². The number of aromatic nitrogens is 2. The van der Waals surface area contributed by atoms with E-state index in [1.807, 2.05) is 24.3 Å². The Kier molecular flexibility index (Phi) is 5.51. The second-order valence-electron chi connectivity index (χ2n) is 5.63. The normalized spacial score (nSPS) is 10.6. The lowest BCUT2D eigenvalue weighted by atomic mass is 10.1. The SMILES string of the molecule is CNC(=O)c1cc(-c2cccc(OCCC(C)C)c2)nc(N)n1. The Morgan fingerprint density at radius 3 is 2.78 bits per heavy atom. The molecule has 0 aliphatic heterocycles. The molecule has 1 aromatic heterocycles. The van der Waals surface area contributed by atoms with Crippen LogP contribution in [0.1, 0.15) is 30.8 Å². The molecule has 6 heteroatoms. The van der Waals surface area contributed by atoms with Crippen LogP contribution in [0, 0.1) is 5.92 Å². The van der Waals surface area contributed by atoms with Crippen molar-refractivity contribution < 1.29 is 9.53 Å². The van der Waals surface area contributed by atoms with Gasteiger partial charge in [0.15, 0.2) is 0 Å². The number of nitrogens with one attached hydrogen (secondary N) is 1. The lowest BCUT2D eigenvalue weighted by molar-refractivity contribution is 0.0958. The molecule has 3 N–H and O–H groups in total. The average Bonchev–Trinajstić information content (AvgIpc) is 2.53. The van der Waals surface area contributed by atoms with E-state index in [9.17, 15) is 4.79 Å². The highest BCUT2D eigenvalue weighted by Gasteiger charge is 2.11. The predicted octanol–water partition coefficient (Wildman–Crippen LogP) is 2.51. The van der Waals surface area contributed by atoms with Crippen LogP contribution in [0.4, 0.5) is 5.95 Å². The maximum Gasteiger partial charge on any atom is 0.269 e. The van der Waals surface area contributed by atoms with Crippen molar-refractivity contribution in [1.29, 1.82) is 0 Å². The highest BCUT2D eigenvalue weighted by Crippen LogP contribution is 2.23. The molecule has 1 heterocycles. The summed E-state index contributed by atoms with van der Waals surface area (Å²) in [7, 11) is 1.55. The number of hydrogen-bond donors (Lipinski definition) is 2. The Bertz CT molecular complexity index is 686. The molecule has 0 fully saturated rings. The van der Waals surface area contributed by atoms with Gasteiger partial charge in [-0.05, 0) is 30.5 Å². The third kappa shape index (κ3) is 4.67. The molecule has 0 aliphatic rings. The van der Waals surface area contributed by atoms with Crippen molar-refractivity contribution in [3.05, 3.63) is 36.0 Å². The monoisotopic (exact) mass is 314 g/mol. The van der Waals surface area contributed by atoms with Crippen molar-refractivity contribution in [3.8, 4) is 17.0 Å². The predicted molar refractivity (Wildman–Crippen MR) is 90.2 cm³/mol. The van der Waals surface area contributed by atoms with Crippen LogP contribution in [0.5, 0.6) is 5.75 Å². The number of rotatable bonds is 6. The molecule has 1 aromatic carbocycles. The van der Waals surface area contributed by atoms with Gasteiger partial charge >= 0.3 is 0 Å². The van der Waals surface area contributed by atoms with E-state index in [1.165, 1.54) is 0 Å². The summed E-state index contributed by atoms with van der Waals surface area (Å²) in [5.41, 5.74) is 7.36. The minimum atomic E-state index is -0.301.